The number of hydrogen-bond acceptors (Lipinski definition) is 4. The molecule has 0 aliphatic heterocycles. The minimum atomic E-state index is -4.07. The van der Waals surface area contributed by atoms with Gasteiger partial charge in [-0.3, -0.25) is 13.9 Å². The first kappa shape index (κ1) is 27.9. The summed E-state index contributed by atoms with van der Waals surface area (Å²) in [6.45, 7) is 9.31. The van der Waals surface area contributed by atoms with Crippen LogP contribution in [-0.4, -0.2) is 44.3 Å². The van der Waals surface area contributed by atoms with Crippen LogP contribution in [0.25, 0.3) is 0 Å². The molecule has 0 saturated heterocycles. The van der Waals surface area contributed by atoms with Crippen molar-refractivity contribution in [2.75, 3.05) is 17.4 Å². The van der Waals surface area contributed by atoms with Crippen LogP contribution in [0, 0.1) is 20.8 Å². The van der Waals surface area contributed by atoms with Gasteiger partial charge in [0, 0.05) is 13.1 Å². The van der Waals surface area contributed by atoms with Crippen LogP contribution >= 0.6 is 0 Å². The van der Waals surface area contributed by atoms with E-state index >= 15 is 0 Å². The molecule has 1 unspecified atom stereocenters. The molecule has 196 valence electrons. The SMILES string of the molecule is CCNC(=O)C(C)N(Cc1cccc(C)c1)C(=O)CN(c1cccc(C)c1C)S(=O)(=O)c1ccccc1. The molecule has 3 aromatic carbocycles. The first-order chi connectivity index (χ1) is 17.6. The maximum Gasteiger partial charge on any atom is 0.264 e. The summed E-state index contributed by atoms with van der Waals surface area (Å²) >= 11 is 0. The second-order valence-corrected chi connectivity index (χ2v) is 11.0. The Morgan fingerprint density at radius 2 is 1.59 bits per heavy atom. The largest absolute Gasteiger partial charge is 0.355 e. The lowest BCUT2D eigenvalue weighted by molar-refractivity contribution is -0.139. The molecule has 37 heavy (non-hydrogen) atoms. The number of carbonyl (C=O) groups excluding carboxylic acids is 2. The zero-order valence-corrected chi connectivity index (χ0v) is 22.9. The van der Waals surface area contributed by atoms with Gasteiger partial charge in [0.2, 0.25) is 11.8 Å². The van der Waals surface area contributed by atoms with Crippen molar-refractivity contribution in [1.29, 1.82) is 0 Å². The van der Waals surface area contributed by atoms with Crippen molar-refractivity contribution in [1.82, 2.24) is 10.2 Å². The zero-order chi connectivity index (χ0) is 27.2. The highest BCUT2D eigenvalue weighted by molar-refractivity contribution is 7.92. The predicted octanol–water partition coefficient (Wildman–Crippen LogP) is 4.36. The van der Waals surface area contributed by atoms with Gasteiger partial charge in [0.1, 0.15) is 12.6 Å². The van der Waals surface area contributed by atoms with Gasteiger partial charge in [0.25, 0.3) is 10.0 Å². The van der Waals surface area contributed by atoms with Crippen molar-refractivity contribution in [3.63, 3.8) is 0 Å². The lowest BCUT2D eigenvalue weighted by Gasteiger charge is -2.32. The summed E-state index contributed by atoms with van der Waals surface area (Å²) in [4.78, 5) is 28.2. The van der Waals surface area contributed by atoms with Gasteiger partial charge in [-0.15, -0.1) is 0 Å². The van der Waals surface area contributed by atoms with Gasteiger partial charge >= 0.3 is 0 Å². The van der Waals surface area contributed by atoms with E-state index in [-0.39, 0.29) is 17.3 Å². The average Bonchev–Trinajstić information content (AvgIpc) is 2.88. The van der Waals surface area contributed by atoms with E-state index in [0.29, 0.717) is 12.2 Å². The van der Waals surface area contributed by atoms with E-state index in [4.69, 9.17) is 0 Å². The summed E-state index contributed by atoms with van der Waals surface area (Å²) < 4.78 is 28.8. The molecule has 0 aliphatic carbocycles. The monoisotopic (exact) mass is 521 g/mol. The fourth-order valence-electron chi connectivity index (χ4n) is 4.15. The summed E-state index contributed by atoms with van der Waals surface area (Å²) in [7, 11) is -4.07. The van der Waals surface area contributed by atoms with E-state index in [2.05, 4.69) is 5.32 Å². The fraction of sp³-hybridized carbons (Fsp3) is 0.310. The molecular weight excluding hydrogens is 486 g/mol. The first-order valence-electron chi connectivity index (χ1n) is 12.3. The molecule has 0 bridgehead atoms. The van der Waals surface area contributed by atoms with E-state index in [0.717, 1.165) is 26.6 Å². The number of aryl methyl sites for hydroxylation is 2. The van der Waals surface area contributed by atoms with Crippen LogP contribution in [0.2, 0.25) is 0 Å². The number of rotatable bonds is 10. The predicted molar refractivity (Wildman–Crippen MR) is 147 cm³/mol. The molecule has 1 atom stereocenters. The number of nitrogens with one attached hydrogen (secondary N) is 1. The number of carbonyl (C=O) groups is 2. The average molecular weight is 522 g/mol. The summed E-state index contributed by atoms with van der Waals surface area (Å²) in [6, 6.07) is 20.3. The molecule has 8 heteroatoms. The van der Waals surface area contributed by atoms with Gasteiger partial charge in [-0.2, -0.15) is 0 Å². The van der Waals surface area contributed by atoms with Gasteiger partial charge in [0.15, 0.2) is 0 Å². The minimum absolute atomic E-state index is 0.0886. The van der Waals surface area contributed by atoms with Gasteiger partial charge < -0.3 is 10.2 Å². The third-order valence-electron chi connectivity index (χ3n) is 6.41. The fourth-order valence-corrected chi connectivity index (χ4v) is 5.64. The quantitative estimate of drug-likeness (QED) is 0.430. The Morgan fingerprint density at radius 1 is 0.919 bits per heavy atom. The molecule has 0 saturated carbocycles. The smallest absolute Gasteiger partial charge is 0.264 e. The lowest BCUT2D eigenvalue weighted by Crippen LogP contribution is -2.51. The highest BCUT2D eigenvalue weighted by Crippen LogP contribution is 2.29. The Morgan fingerprint density at radius 3 is 2.24 bits per heavy atom. The van der Waals surface area contributed by atoms with Crippen molar-refractivity contribution >= 4 is 27.5 Å². The summed E-state index contributed by atoms with van der Waals surface area (Å²) in [5.41, 5.74) is 3.98. The van der Waals surface area contributed by atoms with Crippen LogP contribution in [0.15, 0.2) is 77.7 Å². The van der Waals surface area contributed by atoms with Crippen molar-refractivity contribution < 1.29 is 18.0 Å². The Labute approximate surface area is 220 Å². The second-order valence-electron chi connectivity index (χ2n) is 9.13. The molecule has 0 spiro atoms. The summed E-state index contributed by atoms with van der Waals surface area (Å²) in [5, 5.41) is 2.77. The number of hydrogen-bond donors (Lipinski definition) is 1. The van der Waals surface area contributed by atoms with E-state index in [1.54, 1.807) is 37.3 Å². The maximum absolute atomic E-state index is 13.9. The summed E-state index contributed by atoms with van der Waals surface area (Å²) in [6.07, 6.45) is 0. The normalized spacial score (nSPS) is 12.0. The van der Waals surface area contributed by atoms with Crippen LogP contribution in [0.1, 0.15) is 36.1 Å². The number of anilines is 1. The van der Waals surface area contributed by atoms with Crippen molar-refractivity contribution in [3.05, 3.63) is 95.1 Å². The van der Waals surface area contributed by atoms with Gasteiger partial charge in [-0.25, -0.2) is 8.42 Å². The molecule has 0 aliphatic rings. The Hall–Kier alpha value is -3.65. The zero-order valence-electron chi connectivity index (χ0n) is 22.1. The third kappa shape index (κ3) is 6.57. The summed E-state index contributed by atoms with van der Waals surface area (Å²) in [5.74, 6) is -0.770. The molecule has 0 fully saturated rings. The van der Waals surface area contributed by atoms with Crippen molar-refractivity contribution in [2.24, 2.45) is 0 Å². The van der Waals surface area contributed by atoms with Crippen molar-refractivity contribution in [2.45, 2.75) is 52.1 Å². The van der Waals surface area contributed by atoms with Gasteiger partial charge in [-0.05, 0) is 69.5 Å². The number of benzene rings is 3. The number of sulfonamides is 1. The van der Waals surface area contributed by atoms with Crippen LogP contribution in [0.3, 0.4) is 0 Å². The Bertz CT molecular complexity index is 1360. The van der Waals surface area contributed by atoms with E-state index < -0.39 is 28.5 Å². The molecule has 0 heterocycles. The third-order valence-corrected chi connectivity index (χ3v) is 8.18. The molecule has 3 aromatic rings. The van der Waals surface area contributed by atoms with Gasteiger partial charge in [0.05, 0.1) is 10.6 Å². The van der Waals surface area contributed by atoms with E-state index in [1.807, 2.05) is 58.0 Å². The Kier molecular flexibility index (Phi) is 9.10. The lowest BCUT2D eigenvalue weighted by atomic mass is 10.1. The van der Waals surface area contributed by atoms with Crippen LogP contribution in [-0.2, 0) is 26.2 Å². The molecule has 0 aromatic heterocycles. The van der Waals surface area contributed by atoms with Crippen molar-refractivity contribution in [3.8, 4) is 0 Å². The highest BCUT2D eigenvalue weighted by atomic mass is 32.2. The molecule has 3 rings (SSSR count). The molecular formula is C29H35N3O4S. The molecule has 1 N–H and O–H groups in total. The standard InChI is InChI=1S/C29H35N3O4S/c1-6-30-29(34)24(5)31(19-25-14-10-12-21(2)18-25)28(33)20-32(27-17-11-13-22(3)23(27)4)37(35,36)26-15-8-7-9-16-26/h7-18,24H,6,19-20H2,1-5H3,(H,30,34). The number of amides is 2. The topological polar surface area (TPSA) is 86.8 Å². The molecule has 0 radical (unpaired) electrons. The molecule has 7 nitrogen and oxygen atoms in total. The van der Waals surface area contributed by atoms with Crippen LogP contribution in [0.5, 0.6) is 0 Å². The van der Waals surface area contributed by atoms with Crippen LogP contribution < -0.4 is 9.62 Å². The number of nitrogens with zero attached hydrogens (tertiary/aromatic N) is 2. The second kappa shape index (κ2) is 12.1. The molecule has 2 amide bonds. The van der Waals surface area contributed by atoms with E-state index in [1.165, 1.54) is 17.0 Å². The Balaban J connectivity index is 2.07. The minimum Gasteiger partial charge on any atom is -0.355 e. The first-order valence-corrected chi connectivity index (χ1v) is 13.8. The number of likely N-dealkylation sites (N-methyl/N-ethyl adjacent to an activating group) is 1. The van der Waals surface area contributed by atoms with Crippen LogP contribution in [0.4, 0.5) is 5.69 Å². The maximum atomic E-state index is 13.9. The van der Waals surface area contributed by atoms with E-state index in [9.17, 15) is 18.0 Å². The van der Waals surface area contributed by atoms with Gasteiger partial charge in [-0.1, -0.05) is 60.2 Å². The highest BCUT2D eigenvalue weighted by Gasteiger charge is 2.33.